The molecule has 4 nitrogen and oxygen atoms in total. The van der Waals surface area contributed by atoms with Gasteiger partial charge in [-0.25, -0.2) is 0 Å². The number of aromatic nitrogens is 1. The molecular weight excluding hydrogens is 274 g/mol. The first-order valence-corrected chi connectivity index (χ1v) is 8.53. The quantitative estimate of drug-likeness (QED) is 0.775. The number of nitroso groups, excluding NO2 is 1. The summed E-state index contributed by atoms with van der Waals surface area (Å²) >= 11 is 0. The van der Waals surface area contributed by atoms with Gasteiger partial charge < -0.3 is 9.47 Å². The van der Waals surface area contributed by atoms with Crippen LogP contribution < -0.4 is 0 Å². The number of benzene rings is 1. The van der Waals surface area contributed by atoms with E-state index in [1.165, 1.54) is 57.0 Å². The lowest BCUT2D eigenvalue weighted by atomic mass is 10.0. The molecular formula is C18H23N3O. The molecule has 1 aliphatic heterocycles. The topological polar surface area (TPSA) is 37.6 Å². The van der Waals surface area contributed by atoms with Crippen molar-refractivity contribution in [3.8, 4) is 0 Å². The molecule has 4 rings (SSSR count). The van der Waals surface area contributed by atoms with Crippen LogP contribution in [0.2, 0.25) is 0 Å². The molecule has 2 aliphatic rings. The highest BCUT2D eigenvalue weighted by Gasteiger charge is 2.27. The molecule has 0 N–H and O–H groups in total. The lowest BCUT2D eigenvalue weighted by molar-refractivity contribution is 0.138. The summed E-state index contributed by atoms with van der Waals surface area (Å²) in [6.07, 6.45) is 10.2. The van der Waals surface area contributed by atoms with E-state index in [2.05, 4.69) is 26.9 Å². The molecule has 116 valence electrons. The molecule has 1 saturated carbocycles. The van der Waals surface area contributed by atoms with Crippen molar-refractivity contribution in [3.63, 3.8) is 0 Å². The van der Waals surface area contributed by atoms with Crippen LogP contribution in [0.3, 0.4) is 0 Å². The third kappa shape index (κ3) is 2.45. The van der Waals surface area contributed by atoms with Crippen LogP contribution in [0, 0.1) is 4.91 Å². The first-order chi connectivity index (χ1) is 10.8. The second-order valence-corrected chi connectivity index (χ2v) is 6.76. The van der Waals surface area contributed by atoms with Crippen molar-refractivity contribution in [1.82, 2.24) is 9.47 Å². The summed E-state index contributed by atoms with van der Waals surface area (Å²) in [4.78, 5) is 13.5. The molecule has 0 radical (unpaired) electrons. The summed E-state index contributed by atoms with van der Waals surface area (Å²) in [5.41, 5.74) is 1.67. The minimum absolute atomic E-state index is 0.524. The maximum Gasteiger partial charge on any atom is 0.110 e. The van der Waals surface area contributed by atoms with Gasteiger partial charge in [-0.15, -0.1) is 4.91 Å². The number of hydrogen-bond donors (Lipinski definition) is 0. The molecule has 2 fully saturated rings. The van der Waals surface area contributed by atoms with Crippen LogP contribution in [0.5, 0.6) is 0 Å². The molecule has 0 amide bonds. The molecule has 0 unspecified atom stereocenters. The highest BCUT2D eigenvalue weighted by Crippen LogP contribution is 2.32. The van der Waals surface area contributed by atoms with E-state index in [1.54, 1.807) is 6.07 Å². The lowest BCUT2D eigenvalue weighted by Gasteiger charge is -2.36. The molecule has 0 atom stereocenters. The van der Waals surface area contributed by atoms with Crippen molar-refractivity contribution >= 4 is 16.6 Å². The van der Waals surface area contributed by atoms with Gasteiger partial charge in [-0.2, -0.15) is 0 Å². The zero-order valence-electron chi connectivity index (χ0n) is 12.9. The Bertz CT molecular complexity index is 664. The van der Waals surface area contributed by atoms with Gasteiger partial charge in [-0.1, -0.05) is 18.9 Å². The van der Waals surface area contributed by atoms with Crippen molar-refractivity contribution in [2.45, 2.75) is 50.6 Å². The average Bonchev–Trinajstić information content (AvgIpc) is 3.24. The normalized spacial score (nSPS) is 21.6. The van der Waals surface area contributed by atoms with E-state index in [1.807, 2.05) is 12.1 Å². The second kappa shape index (κ2) is 5.84. The smallest absolute Gasteiger partial charge is 0.110 e. The molecule has 22 heavy (non-hydrogen) atoms. The standard InChI is InChI=1S/C18H23N3O/c22-19-15-6-5-14-7-12-21(18(14)13-15)17-8-10-20(11-9-17)16-3-1-2-4-16/h5-7,12-13,16-17H,1-4,8-11H2. The molecule has 1 aromatic heterocycles. The predicted molar refractivity (Wildman–Crippen MR) is 89.5 cm³/mol. The minimum Gasteiger partial charge on any atom is -0.344 e. The molecule has 1 aliphatic carbocycles. The van der Waals surface area contributed by atoms with E-state index in [-0.39, 0.29) is 0 Å². The summed E-state index contributed by atoms with van der Waals surface area (Å²) in [6, 6.07) is 9.25. The summed E-state index contributed by atoms with van der Waals surface area (Å²) in [7, 11) is 0. The highest BCUT2D eigenvalue weighted by atomic mass is 16.3. The maximum absolute atomic E-state index is 10.8. The summed E-state index contributed by atoms with van der Waals surface area (Å²) in [6.45, 7) is 2.42. The average molecular weight is 297 g/mol. The SMILES string of the molecule is O=Nc1ccc2ccn(C3CCN(C4CCCC4)CC3)c2c1. The van der Waals surface area contributed by atoms with E-state index < -0.39 is 0 Å². The fourth-order valence-corrected chi connectivity index (χ4v) is 4.31. The van der Waals surface area contributed by atoms with Gasteiger partial charge in [0.05, 0.1) is 5.52 Å². The largest absolute Gasteiger partial charge is 0.344 e. The fourth-order valence-electron chi connectivity index (χ4n) is 4.31. The second-order valence-electron chi connectivity index (χ2n) is 6.76. The molecule has 0 spiro atoms. The van der Waals surface area contributed by atoms with Crippen LogP contribution >= 0.6 is 0 Å². The van der Waals surface area contributed by atoms with Gasteiger partial charge >= 0.3 is 0 Å². The molecule has 0 bridgehead atoms. The Morgan fingerprint density at radius 3 is 2.45 bits per heavy atom. The number of rotatable bonds is 3. The lowest BCUT2D eigenvalue weighted by Crippen LogP contribution is -2.40. The van der Waals surface area contributed by atoms with Crippen molar-refractivity contribution in [3.05, 3.63) is 35.4 Å². The molecule has 1 aromatic carbocycles. The van der Waals surface area contributed by atoms with Gasteiger partial charge in [0.1, 0.15) is 5.69 Å². The summed E-state index contributed by atoms with van der Waals surface area (Å²) < 4.78 is 2.36. The van der Waals surface area contributed by atoms with Gasteiger partial charge in [0, 0.05) is 31.4 Å². The Balaban J connectivity index is 1.52. The zero-order valence-corrected chi connectivity index (χ0v) is 12.9. The van der Waals surface area contributed by atoms with E-state index in [0.717, 1.165) is 11.6 Å². The van der Waals surface area contributed by atoms with Crippen LogP contribution in [0.15, 0.2) is 35.6 Å². The third-order valence-electron chi connectivity index (χ3n) is 5.55. The van der Waals surface area contributed by atoms with Crippen molar-refractivity contribution in [1.29, 1.82) is 0 Å². The van der Waals surface area contributed by atoms with Gasteiger partial charge in [0.2, 0.25) is 0 Å². The number of nitrogens with zero attached hydrogens (tertiary/aromatic N) is 3. The maximum atomic E-state index is 10.8. The summed E-state index contributed by atoms with van der Waals surface area (Å²) in [5.74, 6) is 0. The van der Waals surface area contributed by atoms with Crippen LogP contribution in [0.25, 0.3) is 10.9 Å². The van der Waals surface area contributed by atoms with Crippen molar-refractivity contribution < 1.29 is 0 Å². The van der Waals surface area contributed by atoms with E-state index >= 15 is 0 Å². The van der Waals surface area contributed by atoms with E-state index in [0.29, 0.717) is 11.7 Å². The van der Waals surface area contributed by atoms with Gasteiger partial charge in [0.25, 0.3) is 0 Å². The Morgan fingerprint density at radius 2 is 1.73 bits per heavy atom. The highest BCUT2D eigenvalue weighted by molar-refractivity contribution is 5.83. The number of piperidine rings is 1. The molecule has 2 heterocycles. The third-order valence-corrected chi connectivity index (χ3v) is 5.55. The van der Waals surface area contributed by atoms with E-state index in [4.69, 9.17) is 0 Å². The Hall–Kier alpha value is -1.68. The van der Waals surface area contributed by atoms with Crippen LogP contribution in [0.1, 0.15) is 44.6 Å². The monoisotopic (exact) mass is 297 g/mol. The van der Waals surface area contributed by atoms with Gasteiger partial charge in [-0.3, -0.25) is 0 Å². The Labute approximate surface area is 131 Å². The van der Waals surface area contributed by atoms with Crippen LogP contribution in [0.4, 0.5) is 5.69 Å². The van der Waals surface area contributed by atoms with Crippen molar-refractivity contribution in [2.24, 2.45) is 5.18 Å². The molecule has 2 aromatic rings. The Morgan fingerprint density at radius 1 is 0.955 bits per heavy atom. The summed E-state index contributed by atoms with van der Waals surface area (Å²) in [5, 5.41) is 4.28. The first-order valence-electron chi connectivity index (χ1n) is 8.53. The van der Waals surface area contributed by atoms with Crippen molar-refractivity contribution in [2.75, 3.05) is 13.1 Å². The Kier molecular flexibility index (Phi) is 3.70. The number of fused-ring (bicyclic) bond motifs is 1. The minimum atomic E-state index is 0.524. The van der Waals surface area contributed by atoms with Gasteiger partial charge in [0.15, 0.2) is 0 Å². The first kappa shape index (κ1) is 13.9. The van der Waals surface area contributed by atoms with Crippen LogP contribution in [-0.2, 0) is 0 Å². The van der Waals surface area contributed by atoms with Gasteiger partial charge in [-0.05, 0) is 54.4 Å². The van der Waals surface area contributed by atoms with E-state index in [9.17, 15) is 4.91 Å². The predicted octanol–water partition coefficient (Wildman–Crippen LogP) is 4.62. The number of likely N-dealkylation sites (tertiary alicyclic amines) is 1. The number of hydrogen-bond acceptors (Lipinski definition) is 3. The van der Waals surface area contributed by atoms with Crippen LogP contribution in [-0.4, -0.2) is 28.6 Å². The zero-order chi connectivity index (χ0) is 14.9. The fraction of sp³-hybridized carbons (Fsp3) is 0.556. The molecule has 4 heteroatoms. The molecule has 1 saturated heterocycles.